The molecule has 0 amide bonds. The molecule has 78 valence electrons. The van der Waals surface area contributed by atoms with Crippen molar-refractivity contribution in [2.24, 2.45) is 0 Å². The van der Waals surface area contributed by atoms with Crippen molar-refractivity contribution in [1.82, 2.24) is 0 Å². The summed E-state index contributed by atoms with van der Waals surface area (Å²) < 4.78 is 11.6. The molecule has 0 fully saturated rings. The Bertz CT molecular complexity index is 216. The van der Waals surface area contributed by atoms with E-state index in [-0.39, 0.29) is 0 Å². The second-order valence-corrected chi connectivity index (χ2v) is 6.04. The molecule has 0 bridgehead atoms. The van der Waals surface area contributed by atoms with Gasteiger partial charge in [0.2, 0.25) is 0 Å². The van der Waals surface area contributed by atoms with E-state index < -0.39 is 13.3 Å². The van der Waals surface area contributed by atoms with Gasteiger partial charge in [-0.3, -0.25) is 4.57 Å². The summed E-state index contributed by atoms with van der Waals surface area (Å²) in [7, 11) is 1.97. The molecule has 0 aromatic heterocycles. The van der Waals surface area contributed by atoms with Crippen LogP contribution in [-0.4, -0.2) is 47.6 Å². The van der Waals surface area contributed by atoms with Gasteiger partial charge in [0.15, 0.2) is 0 Å². The van der Waals surface area contributed by atoms with Crippen LogP contribution in [0.15, 0.2) is 12.7 Å². The van der Waals surface area contributed by atoms with Crippen LogP contribution in [0.4, 0.5) is 0 Å². The van der Waals surface area contributed by atoms with Crippen molar-refractivity contribution >= 4 is 7.60 Å². The van der Waals surface area contributed by atoms with Gasteiger partial charge in [0.1, 0.15) is 0 Å². The maximum Gasteiger partial charge on any atom is 0.332 e. The molecule has 0 rings (SSSR count). The van der Waals surface area contributed by atoms with Gasteiger partial charge < -0.3 is 14.3 Å². The number of rotatable bonds is 5. The quantitative estimate of drug-likeness (QED) is 0.399. The highest BCUT2D eigenvalue weighted by Crippen LogP contribution is 2.43. The zero-order valence-corrected chi connectivity index (χ0v) is 9.37. The summed E-state index contributed by atoms with van der Waals surface area (Å²) in [6.45, 7) is 4.15. The van der Waals surface area contributed by atoms with Crippen molar-refractivity contribution in [3.8, 4) is 0 Å². The highest BCUT2D eigenvalue weighted by atomic mass is 31.2. The van der Waals surface area contributed by atoms with Crippen LogP contribution in [0.2, 0.25) is 0 Å². The molecule has 0 heterocycles. The van der Waals surface area contributed by atoms with Gasteiger partial charge in [-0.1, -0.05) is 6.08 Å². The van der Waals surface area contributed by atoms with Gasteiger partial charge in [-0.15, -0.1) is 6.58 Å². The van der Waals surface area contributed by atoms with Gasteiger partial charge in [0.25, 0.3) is 0 Å². The molecular weight excluding hydrogens is 189 g/mol. The smallest absolute Gasteiger partial charge is 0.331 e. The maximum absolute atomic E-state index is 10.9. The molecule has 0 radical (unpaired) electrons. The predicted octanol–water partition coefficient (Wildman–Crippen LogP) is 0.815. The number of nitrogens with zero attached hydrogens (tertiary/aromatic N) is 1. The molecule has 1 unspecified atom stereocenters. The van der Waals surface area contributed by atoms with Crippen molar-refractivity contribution in [3.63, 3.8) is 0 Å². The highest BCUT2D eigenvalue weighted by Gasteiger charge is 2.27. The zero-order valence-electron chi connectivity index (χ0n) is 8.47. The third-order valence-corrected chi connectivity index (χ3v) is 3.13. The third-order valence-electron chi connectivity index (χ3n) is 1.80. The standard InChI is InChI=1S/C8H18NO3P/c1-5-8(13(10,11)12)6-7-9(2,3)4/h5,8H,1,6-7H2,2-4H3,(H-,10,11,12)/p+1. The summed E-state index contributed by atoms with van der Waals surface area (Å²) in [6, 6.07) is 0. The molecule has 0 aromatic carbocycles. The molecule has 0 aliphatic heterocycles. The zero-order chi connectivity index (χ0) is 10.7. The normalized spacial score (nSPS) is 15.5. The lowest BCUT2D eigenvalue weighted by atomic mass is 10.3. The number of quaternary nitrogens is 1. The summed E-state index contributed by atoms with van der Waals surface area (Å²) in [6.07, 6.45) is 1.81. The summed E-state index contributed by atoms with van der Waals surface area (Å²) in [4.78, 5) is 17.8. The Kier molecular flexibility index (Phi) is 4.33. The highest BCUT2D eigenvalue weighted by molar-refractivity contribution is 7.52. The fourth-order valence-electron chi connectivity index (χ4n) is 0.943. The molecule has 4 nitrogen and oxygen atoms in total. The lowest BCUT2D eigenvalue weighted by Crippen LogP contribution is -2.36. The summed E-state index contributed by atoms with van der Waals surface area (Å²) in [5.41, 5.74) is -0.704. The molecule has 0 aliphatic carbocycles. The van der Waals surface area contributed by atoms with Crippen LogP contribution in [0.5, 0.6) is 0 Å². The SMILES string of the molecule is C=CC(CC[N+](C)(C)C)P(=O)(O)O. The van der Waals surface area contributed by atoms with Crippen LogP contribution >= 0.6 is 7.60 Å². The van der Waals surface area contributed by atoms with Crippen LogP contribution in [0, 0.1) is 0 Å². The minimum atomic E-state index is -3.99. The van der Waals surface area contributed by atoms with E-state index in [1.165, 1.54) is 6.08 Å². The van der Waals surface area contributed by atoms with Gasteiger partial charge >= 0.3 is 7.60 Å². The topological polar surface area (TPSA) is 57.5 Å². The van der Waals surface area contributed by atoms with Crippen molar-refractivity contribution in [3.05, 3.63) is 12.7 Å². The van der Waals surface area contributed by atoms with E-state index in [1.54, 1.807) is 0 Å². The first-order chi connectivity index (χ1) is 5.67. The first-order valence-corrected chi connectivity index (χ1v) is 5.83. The lowest BCUT2D eigenvalue weighted by molar-refractivity contribution is -0.870. The van der Waals surface area contributed by atoms with Crippen LogP contribution in [-0.2, 0) is 4.57 Å². The van der Waals surface area contributed by atoms with Gasteiger partial charge in [-0.05, 0) is 0 Å². The second-order valence-electron chi connectivity index (χ2n) is 4.19. The van der Waals surface area contributed by atoms with E-state index >= 15 is 0 Å². The largest absolute Gasteiger partial charge is 0.332 e. The van der Waals surface area contributed by atoms with E-state index in [2.05, 4.69) is 6.58 Å². The van der Waals surface area contributed by atoms with Crippen LogP contribution in [0.1, 0.15) is 6.42 Å². The third kappa shape index (κ3) is 5.99. The molecule has 1 atom stereocenters. The number of hydrogen-bond donors (Lipinski definition) is 2. The fourth-order valence-corrected chi connectivity index (χ4v) is 1.67. The molecular formula is C8H19NO3P+. The van der Waals surface area contributed by atoms with Gasteiger partial charge in [-0.25, -0.2) is 0 Å². The number of allylic oxidation sites excluding steroid dienone is 1. The minimum absolute atomic E-state index is 0.470. The maximum atomic E-state index is 10.9. The molecule has 0 aromatic rings. The Labute approximate surface area is 79.6 Å². The molecule has 0 aliphatic rings. The molecule has 0 saturated heterocycles. The van der Waals surface area contributed by atoms with Crippen molar-refractivity contribution < 1.29 is 18.8 Å². The van der Waals surface area contributed by atoms with Gasteiger partial charge in [-0.2, -0.15) is 0 Å². The lowest BCUT2D eigenvalue weighted by Gasteiger charge is -2.25. The Morgan fingerprint density at radius 3 is 2.15 bits per heavy atom. The Morgan fingerprint density at radius 2 is 1.92 bits per heavy atom. The summed E-state index contributed by atoms with van der Waals surface area (Å²) >= 11 is 0. The summed E-state index contributed by atoms with van der Waals surface area (Å²) in [5, 5.41) is 0. The van der Waals surface area contributed by atoms with Crippen LogP contribution in [0.3, 0.4) is 0 Å². The van der Waals surface area contributed by atoms with Gasteiger partial charge in [0, 0.05) is 6.42 Å². The minimum Gasteiger partial charge on any atom is -0.331 e. The summed E-state index contributed by atoms with van der Waals surface area (Å²) in [5.74, 6) is 0. The van der Waals surface area contributed by atoms with Crippen molar-refractivity contribution in [2.75, 3.05) is 27.7 Å². The average Bonchev–Trinajstić information content (AvgIpc) is 1.82. The second kappa shape index (κ2) is 4.38. The predicted molar refractivity (Wildman–Crippen MR) is 53.5 cm³/mol. The van der Waals surface area contributed by atoms with Crippen molar-refractivity contribution in [2.45, 2.75) is 12.1 Å². The molecule has 5 heteroatoms. The average molecular weight is 208 g/mol. The monoisotopic (exact) mass is 208 g/mol. The molecule has 0 spiro atoms. The first-order valence-electron chi connectivity index (χ1n) is 4.15. The van der Waals surface area contributed by atoms with E-state index in [0.717, 1.165) is 6.54 Å². The van der Waals surface area contributed by atoms with E-state index in [1.807, 2.05) is 21.1 Å². The van der Waals surface area contributed by atoms with E-state index in [4.69, 9.17) is 9.79 Å². The molecule has 2 N–H and O–H groups in total. The Morgan fingerprint density at radius 1 is 1.46 bits per heavy atom. The first kappa shape index (κ1) is 12.8. The Hall–Kier alpha value is -0.150. The van der Waals surface area contributed by atoms with Crippen LogP contribution in [0.25, 0.3) is 0 Å². The molecule has 13 heavy (non-hydrogen) atoms. The molecule has 0 saturated carbocycles. The fraction of sp³-hybridized carbons (Fsp3) is 0.750. The van der Waals surface area contributed by atoms with Gasteiger partial charge in [0.05, 0.1) is 33.3 Å². The van der Waals surface area contributed by atoms with Crippen molar-refractivity contribution in [1.29, 1.82) is 0 Å². The Balaban J connectivity index is 4.18. The van der Waals surface area contributed by atoms with Crippen LogP contribution < -0.4 is 0 Å². The number of hydrogen-bond acceptors (Lipinski definition) is 1. The van der Waals surface area contributed by atoms with E-state index in [9.17, 15) is 4.57 Å². The van der Waals surface area contributed by atoms with E-state index in [0.29, 0.717) is 10.9 Å².